The Bertz CT molecular complexity index is 595. The Kier molecular flexibility index (Phi) is 5.24. The number of aromatic nitrogens is 2. The summed E-state index contributed by atoms with van der Waals surface area (Å²) in [5, 5.41) is 5.19. The van der Waals surface area contributed by atoms with E-state index in [-0.39, 0.29) is 6.04 Å². The first-order valence-corrected chi connectivity index (χ1v) is 7.88. The molecule has 1 aromatic carbocycles. The van der Waals surface area contributed by atoms with Gasteiger partial charge in [-0.15, -0.1) is 0 Å². The highest BCUT2D eigenvalue weighted by atomic mass is 79.9. The summed E-state index contributed by atoms with van der Waals surface area (Å²) < 4.78 is 2.93. The molecule has 0 spiro atoms. The van der Waals surface area contributed by atoms with E-state index < -0.39 is 0 Å². The molecule has 1 aromatic heterocycles. The Morgan fingerprint density at radius 2 is 2.15 bits per heavy atom. The van der Waals surface area contributed by atoms with Crippen LogP contribution >= 0.6 is 27.5 Å². The second kappa shape index (κ2) is 6.74. The summed E-state index contributed by atoms with van der Waals surface area (Å²) in [7, 11) is 1.92. The Morgan fingerprint density at radius 3 is 2.75 bits per heavy atom. The molecule has 1 atom stereocenters. The van der Waals surface area contributed by atoms with E-state index in [0.29, 0.717) is 0 Å². The lowest BCUT2D eigenvalue weighted by atomic mass is 10.0. The van der Waals surface area contributed by atoms with Crippen LogP contribution in [0.2, 0.25) is 5.02 Å². The summed E-state index contributed by atoms with van der Waals surface area (Å²) in [5.74, 6) is 0. The molecule has 0 aliphatic rings. The fourth-order valence-corrected chi connectivity index (χ4v) is 3.15. The smallest absolute Gasteiger partial charge is 0.0850 e. The van der Waals surface area contributed by atoms with Gasteiger partial charge in [0.15, 0.2) is 0 Å². The molecule has 0 fully saturated rings. The van der Waals surface area contributed by atoms with E-state index in [9.17, 15) is 0 Å². The largest absolute Gasteiger partial charge is 0.327 e. The third kappa shape index (κ3) is 3.62. The minimum atomic E-state index is 0.0295. The van der Waals surface area contributed by atoms with Gasteiger partial charge in [-0.3, -0.25) is 4.68 Å². The van der Waals surface area contributed by atoms with Crippen molar-refractivity contribution in [3.8, 4) is 0 Å². The van der Waals surface area contributed by atoms with Crippen LogP contribution in [0.5, 0.6) is 0 Å². The highest BCUT2D eigenvalue weighted by molar-refractivity contribution is 9.10. The van der Waals surface area contributed by atoms with Crippen LogP contribution in [0.1, 0.15) is 23.9 Å². The fraction of sp³-hybridized carbons (Fsp3) is 0.400. The van der Waals surface area contributed by atoms with Gasteiger partial charge < -0.3 is 5.73 Å². The van der Waals surface area contributed by atoms with Crippen molar-refractivity contribution in [2.75, 3.05) is 0 Å². The molecule has 2 N–H and O–H groups in total. The van der Waals surface area contributed by atoms with Crippen LogP contribution < -0.4 is 5.73 Å². The molecule has 2 rings (SSSR count). The fourth-order valence-electron chi connectivity index (χ4n) is 2.33. The van der Waals surface area contributed by atoms with Gasteiger partial charge in [-0.25, -0.2) is 0 Å². The molecular formula is C15H19BrClN3. The van der Waals surface area contributed by atoms with Crippen LogP contribution in [0.15, 0.2) is 28.7 Å². The number of hydrogen-bond acceptors (Lipinski definition) is 2. The molecule has 0 saturated carbocycles. The lowest BCUT2D eigenvalue weighted by Crippen LogP contribution is -2.26. The Morgan fingerprint density at radius 1 is 1.40 bits per heavy atom. The van der Waals surface area contributed by atoms with Crippen LogP contribution in [0.3, 0.4) is 0 Å². The molecular weight excluding hydrogens is 338 g/mol. The van der Waals surface area contributed by atoms with Gasteiger partial charge >= 0.3 is 0 Å². The SMILES string of the molecule is CCc1nn(C)c(CC(N)Cc2cccc(Br)c2)c1Cl. The van der Waals surface area contributed by atoms with Crippen molar-refractivity contribution in [3.05, 3.63) is 50.7 Å². The molecule has 0 aliphatic heterocycles. The monoisotopic (exact) mass is 355 g/mol. The molecule has 20 heavy (non-hydrogen) atoms. The maximum Gasteiger partial charge on any atom is 0.0850 e. The van der Waals surface area contributed by atoms with Crippen LogP contribution in [0.25, 0.3) is 0 Å². The van der Waals surface area contributed by atoms with Gasteiger partial charge in [-0.1, -0.05) is 46.6 Å². The van der Waals surface area contributed by atoms with E-state index in [1.54, 1.807) is 0 Å². The number of nitrogens with zero attached hydrogens (tertiary/aromatic N) is 2. The van der Waals surface area contributed by atoms with E-state index in [4.69, 9.17) is 17.3 Å². The van der Waals surface area contributed by atoms with Crippen LogP contribution in [-0.2, 0) is 26.3 Å². The third-order valence-corrected chi connectivity index (χ3v) is 4.27. The lowest BCUT2D eigenvalue weighted by molar-refractivity contribution is 0.611. The zero-order chi connectivity index (χ0) is 14.7. The van der Waals surface area contributed by atoms with Gasteiger partial charge in [0.1, 0.15) is 0 Å². The Balaban J connectivity index is 2.08. The molecule has 108 valence electrons. The number of benzene rings is 1. The van der Waals surface area contributed by atoms with Crippen molar-refractivity contribution < 1.29 is 0 Å². The molecule has 0 bridgehead atoms. The molecule has 0 aliphatic carbocycles. The van der Waals surface area contributed by atoms with Gasteiger partial charge in [0.2, 0.25) is 0 Å². The van der Waals surface area contributed by atoms with E-state index in [0.717, 1.165) is 40.1 Å². The Hall–Kier alpha value is -0.840. The van der Waals surface area contributed by atoms with Crippen molar-refractivity contribution in [3.63, 3.8) is 0 Å². The summed E-state index contributed by atoms with van der Waals surface area (Å²) in [6.07, 6.45) is 2.39. The van der Waals surface area contributed by atoms with E-state index >= 15 is 0 Å². The second-order valence-corrected chi connectivity index (χ2v) is 6.28. The van der Waals surface area contributed by atoms with Crippen LogP contribution in [-0.4, -0.2) is 15.8 Å². The van der Waals surface area contributed by atoms with Crippen molar-refractivity contribution in [2.24, 2.45) is 12.8 Å². The molecule has 1 heterocycles. The van der Waals surface area contributed by atoms with Crippen LogP contribution in [0, 0.1) is 0 Å². The van der Waals surface area contributed by atoms with Crippen molar-refractivity contribution >= 4 is 27.5 Å². The predicted octanol–water partition coefficient (Wildman–Crippen LogP) is 3.51. The van der Waals surface area contributed by atoms with Gasteiger partial charge in [0.05, 0.1) is 16.4 Å². The zero-order valence-corrected chi connectivity index (χ0v) is 14.1. The van der Waals surface area contributed by atoms with E-state index in [2.05, 4.69) is 40.1 Å². The standard InChI is InChI=1S/C15H19BrClN3/c1-3-13-15(17)14(20(2)19-13)9-12(18)8-10-5-4-6-11(16)7-10/h4-7,12H,3,8-9,18H2,1-2H3. The number of nitrogens with two attached hydrogens (primary N) is 1. The quantitative estimate of drug-likeness (QED) is 0.891. The van der Waals surface area contributed by atoms with E-state index in [1.165, 1.54) is 5.56 Å². The second-order valence-electron chi connectivity index (χ2n) is 4.98. The van der Waals surface area contributed by atoms with Crippen LogP contribution in [0.4, 0.5) is 0 Å². The molecule has 0 radical (unpaired) electrons. The first-order valence-electron chi connectivity index (χ1n) is 6.71. The summed E-state index contributed by atoms with van der Waals surface area (Å²) >= 11 is 9.83. The number of aryl methyl sites for hydroxylation is 2. The highest BCUT2D eigenvalue weighted by Gasteiger charge is 2.16. The predicted molar refractivity (Wildman–Crippen MR) is 87.1 cm³/mol. The maximum absolute atomic E-state index is 6.36. The number of rotatable bonds is 5. The maximum atomic E-state index is 6.36. The summed E-state index contributed by atoms with van der Waals surface area (Å²) in [5.41, 5.74) is 9.45. The van der Waals surface area contributed by atoms with E-state index in [1.807, 2.05) is 23.9 Å². The lowest BCUT2D eigenvalue weighted by Gasteiger charge is -2.12. The highest BCUT2D eigenvalue weighted by Crippen LogP contribution is 2.22. The Labute approximate surface area is 133 Å². The first-order chi connectivity index (χ1) is 9.51. The van der Waals surface area contributed by atoms with Crippen molar-refractivity contribution in [1.82, 2.24) is 9.78 Å². The molecule has 1 unspecified atom stereocenters. The summed E-state index contributed by atoms with van der Waals surface area (Å²) in [6, 6.07) is 8.26. The average molecular weight is 357 g/mol. The molecule has 3 nitrogen and oxygen atoms in total. The summed E-state index contributed by atoms with van der Waals surface area (Å²) in [6.45, 7) is 2.05. The molecule has 2 aromatic rings. The number of hydrogen-bond donors (Lipinski definition) is 1. The normalized spacial score (nSPS) is 12.7. The first kappa shape index (κ1) is 15.5. The van der Waals surface area contributed by atoms with Gasteiger partial charge in [0.25, 0.3) is 0 Å². The average Bonchev–Trinajstić information content (AvgIpc) is 2.66. The zero-order valence-electron chi connectivity index (χ0n) is 11.7. The molecule has 0 saturated heterocycles. The minimum Gasteiger partial charge on any atom is -0.327 e. The third-order valence-electron chi connectivity index (χ3n) is 3.35. The van der Waals surface area contributed by atoms with Gasteiger partial charge in [-0.2, -0.15) is 5.10 Å². The topological polar surface area (TPSA) is 43.8 Å². The molecule has 0 amide bonds. The van der Waals surface area contributed by atoms with Crippen molar-refractivity contribution in [2.45, 2.75) is 32.2 Å². The summed E-state index contributed by atoms with van der Waals surface area (Å²) in [4.78, 5) is 0. The van der Waals surface area contributed by atoms with Gasteiger partial charge in [0, 0.05) is 24.0 Å². The number of halogens is 2. The minimum absolute atomic E-state index is 0.0295. The van der Waals surface area contributed by atoms with Gasteiger partial charge in [-0.05, 0) is 30.5 Å². The van der Waals surface area contributed by atoms with Crippen molar-refractivity contribution in [1.29, 1.82) is 0 Å². The molecule has 5 heteroatoms.